The van der Waals surface area contributed by atoms with Crippen LogP contribution in [0.5, 0.6) is 0 Å². The van der Waals surface area contributed by atoms with E-state index in [0.717, 1.165) is 19.3 Å². The monoisotopic (exact) mass is 224 g/mol. The van der Waals surface area contributed by atoms with E-state index in [9.17, 15) is 4.79 Å². The van der Waals surface area contributed by atoms with Crippen LogP contribution in [-0.4, -0.2) is 12.1 Å². The molecule has 0 spiro atoms. The average molecular weight is 224 g/mol. The Kier molecular flexibility index (Phi) is 6.86. The highest BCUT2D eigenvalue weighted by molar-refractivity contribution is 5.81. The van der Waals surface area contributed by atoms with Gasteiger partial charge in [0.2, 0.25) is 5.91 Å². The zero-order valence-corrected chi connectivity index (χ0v) is 10.4. The van der Waals surface area contributed by atoms with Crippen LogP contribution in [0.2, 0.25) is 0 Å². The van der Waals surface area contributed by atoms with Crippen molar-refractivity contribution in [1.29, 1.82) is 0 Å². The first-order valence-corrected chi connectivity index (χ1v) is 6.66. The molecule has 16 heavy (non-hydrogen) atoms. The van der Waals surface area contributed by atoms with Crippen molar-refractivity contribution in [2.45, 2.75) is 64.7 Å². The molecule has 3 nitrogen and oxygen atoms in total. The van der Waals surface area contributed by atoms with Gasteiger partial charge in [-0.25, -0.2) is 5.43 Å². The Bertz CT molecular complexity index is 222. The molecule has 0 unspecified atom stereocenters. The largest absolute Gasteiger partial charge is 0.273 e. The second-order valence-corrected chi connectivity index (χ2v) is 4.62. The molecule has 1 aliphatic rings. The summed E-state index contributed by atoms with van der Waals surface area (Å²) in [4.78, 5) is 11.2. The standard InChI is InChI=1S/C13H24N2O/c1-2-3-4-5-6-7-8-11-14-15-13(16)12-9-10-12/h11-12H,2-10H2,1H3,(H,15,16)/b14-11+. The number of nitrogens with one attached hydrogen (secondary N) is 1. The van der Waals surface area contributed by atoms with Gasteiger partial charge in [0.1, 0.15) is 0 Å². The van der Waals surface area contributed by atoms with Gasteiger partial charge in [0.25, 0.3) is 0 Å². The van der Waals surface area contributed by atoms with E-state index in [1.54, 1.807) is 0 Å². The van der Waals surface area contributed by atoms with Gasteiger partial charge in [-0.05, 0) is 25.7 Å². The van der Waals surface area contributed by atoms with Gasteiger partial charge >= 0.3 is 0 Å². The van der Waals surface area contributed by atoms with Crippen LogP contribution < -0.4 is 5.43 Å². The van der Waals surface area contributed by atoms with Crippen molar-refractivity contribution in [3.05, 3.63) is 0 Å². The SMILES string of the molecule is CCCCCCCC/C=N/NC(=O)C1CC1. The van der Waals surface area contributed by atoms with Crippen LogP contribution >= 0.6 is 0 Å². The first kappa shape index (κ1) is 13.2. The van der Waals surface area contributed by atoms with Gasteiger partial charge in [0.15, 0.2) is 0 Å². The lowest BCUT2D eigenvalue weighted by molar-refractivity contribution is -0.122. The van der Waals surface area contributed by atoms with E-state index in [0.29, 0.717) is 0 Å². The minimum atomic E-state index is 0.0965. The Balaban J connectivity index is 1.82. The number of carbonyl (C=O) groups excluding carboxylic acids is 1. The predicted octanol–water partition coefficient (Wildman–Crippen LogP) is 3.25. The molecule has 0 heterocycles. The van der Waals surface area contributed by atoms with Crippen LogP contribution in [0.25, 0.3) is 0 Å². The Morgan fingerprint density at radius 3 is 2.62 bits per heavy atom. The highest BCUT2D eigenvalue weighted by Gasteiger charge is 2.29. The van der Waals surface area contributed by atoms with Crippen LogP contribution in [0.4, 0.5) is 0 Å². The highest BCUT2D eigenvalue weighted by Crippen LogP contribution is 2.28. The van der Waals surface area contributed by atoms with Gasteiger partial charge in [-0.2, -0.15) is 5.10 Å². The first-order valence-electron chi connectivity index (χ1n) is 6.66. The summed E-state index contributed by atoms with van der Waals surface area (Å²) < 4.78 is 0. The van der Waals surface area contributed by atoms with Crippen molar-refractivity contribution in [2.24, 2.45) is 11.0 Å². The van der Waals surface area contributed by atoms with Crippen molar-refractivity contribution in [1.82, 2.24) is 5.43 Å². The zero-order chi connectivity index (χ0) is 11.6. The molecule has 1 amide bonds. The lowest BCUT2D eigenvalue weighted by Gasteiger charge is -1.98. The molecule has 3 heteroatoms. The molecule has 1 fully saturated rings. The Morgan fingerprint density at radius 2 is 1.94 bits per heavy atom. The normalized spacial score (nSPS) is 15.6. The molecule has 0 aromatic carbocycles. The van der Waals surface area contributed by atoms with E-state index < -0.39 is 0 Å². The van der Waals surface area contributed by atoms with Crippen LogP contribution in [0.15, 0.2) is 5.10 Å². The number of amides is 1. The molecule has 1 saturated carbocycles. The number of rotatable bonds is 9. The Hall–Kier alpha value is -0.860. The first-order chi connectivity index (χ1) is 7.84. The third kappa shape index (κ3) is 6.59. The molecular weight excluding hydrogens is 200 g/mol. The average Bonchev–Trinajstić information content (AvgIpc) is 3.10. The summed E-state index contributed by atoms with van der Waals surface area (Å²) in [5, 5.41) is 3.94. The fourth-order valence-corrected chi connectivity index (χ4v) is 1.63. The third-order valence-corrected chi connectivity index (χ3v) is 2.90. The molecule has 1 N–H and O–H groups in total. The van der Waals surface area contributed by atoms with Crippen LogP contribution in [0.1, 0.15) is 64.7 Å². The van der Waals surface area contributed by atoms with E-state index >= 15 is 0 Å². The van der Waals surface area contributed by atoms with Gasteiger partial charge < -0.3 is 0 Å². The molecule has 0 bridgehead atoms. The molecule has 0 aliphatic heterocycles. The minimum absolute atomic E-state index is 0.0965. The number of carbonyl (C=O) groups is 1. The molecular formula is C13H24N2O. The van der Waals surface area contributed by atoms with Crippen molar-refractivity contribution in [3.63, 3.8) is 0 Å². The topological polar surface area (TPSA) is 41.5 Å². The van der Waals surface area contributed by atoms with Crippen LogP contribution in [-0.2, 0) is 4.79 Å². The van der Waals surface area contributed by atoms with Gasteiger partial charge in [-0.15, -0.1) is 0 Å². The summed E-state index contributed by atoms with van der Waals surface area (Å²) in [6, 6.07) is 0. The summed E-state index contributed by atoms with van der Waals surface area (Å²) in [6.07, 6.45) is 12.7. The summed E-state index contributed by atoms with van der Waals surface area (Å²) in [5.74, 6) is 0.352. The van der Waals surface area contributed by atoms with E-state index in [1.807, 2.05) is 6.21 Å². The summed E-state index contributed by atoms with van der Waals surface area (Å²) in [5.41, 5.74) is 2.59. The van der Waals surface area contributed by atoms with E-state index in [4.69, 9.17) is 0 Å². The molecule has 1 rings (SSSR count). The predicted molar refractivity (Wildman–Crippen MR) is 67.4 cm³/mol. The molecule has 0 aromatic rings. The fourth-order valence-electron chi connectivity index (χ4n) is 1.63. The number of hydrogen-bond acceptors (Lipinski definition) is 2. The molecule has 92 valence electrons. The number of nitrogens with zero attached hydrogens (tertiary/aromatic N) is 1. The van der Waals surface area contributed by atoms with Crippen molar-refractivity contribution in [3.8, 4) is 0 Å². The number of hydrogen-bond donors (Lipinski definition) is 1. The second kappa shape index (κ2) is 8.31. The third-order valence-electron chi connectivity index (χ3n) is 2.90. The van der Waals surface area contributed by atoms with E-state index in [-0.39, 0.29) is 11.8 Å². The fraction of sp³-hybridized carbons (Fsp3) is 0.846. The van der Waals surface area contributed by atoms with Gasteiger partial charge in [0, 0.05) is 12.1 Å². The van der Waals surface area contributed by atoms with Crippen LogP contribution in [0, 0.1) is 5.92 Å². The highest BCUT2D eigenvalue weighted by atomic mass is 16.2. The molecule has 0 atom stereocenters. The molecule has 1 aliphatic carbocycles. The van der Waals surface area contributed by atoms with Gasteiger partial charge in [-0.3, -0.25) is 4.79 Å². The Morgan fingerprint density at radius 1 is 1.25 bits per heavy atom. The smallest absolute Gasteiger partial charge is 0.243 e. The summed E-state index contributed by atoms with van der Waals surface area (Å²) >= 11 is 0. The maximum atomic E-state index is 11.2. The van der Waals surface area contributed by atoms with E-state index in [1.165, 1.54) is 38.5 Å². The van der Waals surface area contributed by atoms with Crippen molar-refractivity contribution in [2.75, 3.05) is 0 Å². The zero-order valence-electron chi connectivity index (χ0n) is 10.4. The lowest BCUT2D eigenvalue weighted by atomic mass is 10.1. The lowest BCUT2D eigenvalue weighted by Crippen LogP contribution is -2.18. The maximum absolute atomic E-state index is 11.2. The van der Waals surface area contributed by atoms with Gasteiger partial charge in [-0.1, -0.05) is 39.0 Å². The number of hydrazone groups is 1. The minimum Gasteiger partial charge on any atom is -0.273 e. The second-order valence-electron chi connectivity index (χ2n) is 4.62. The molecule has 0 radical (unpaired) electrons. The van der Waals surface area contributed by atoms with Crippen molar-refractivity contribution < 1.29 is 4.79 Å². The van der Waals surface area contributed by atoms with E-state index in [2.05, 4.69) is 17.5 Å². The molecule has 0 saturated heterocycles. The quantitative estimate of drug-likeness (QED) is 0.364. The van der Waals surface area contributed by atoms with Crippen LogP contribution in [0.3, 0.4) is 0 Å². The van der Waals surface area contributed by atoms with Gasteiger partial charge in [0.05, 0.1) is 0 Å². The molecule has 0 aromatic heterocycles. The maximum Gasteiger partial charge on any atom is 0.243 e. The number of unbranched alkanes of at least 4 members (excludes halogenated alkanes) is 6. The summed E-state index contributed by atoms with van der Waals surface area (Å²) in [6.45, 7) is 2.23. The van der Waals surface area contributed by atoms with Crippen molar-refractivity contribution >= 4 is 12.1 Å². The summed E-state index contributed by atoms with van der Waals surface area (Å²) in [7, 11) is 0. The Labute approximate surface area is 98.7 Å².